The third-order valence-corrected chi connectivity index (χ3v) is 13.6. The predicted molar refractivity (Wildman–Crippen MR) is 325 cm³/mol. The summed E-state index contributed by atoms with van der Waals surface area (Å²) in [6.07, 6.45) is 84.3. The Morgan fingerprint density at radius 2 is 0.547 bits per heavy atom. The number of ether oxygens (including phenoxy) is 3. The number of rotatable bonds is 57. The molecule has 0 spiro atoms. The molecule has 0 radical (unpaired) electrons. The number of unbranched alkanes of at least 4 members (excludes halogenated alkanes) is 30. The lowest BCUT2D eigenvalue weighted by Crippen LogP contribution is -2.30. The Kier molecular flexibility index (Phi) is 59.8. The second kappa shape index (κ2) is 62.9. The largest absolute Gasteiger partial charge is 0.462 e. The Morgan fingerprint density at radius 1 is 0.280 bits per heavy atom. The smallest absolute Gasteiger partial charge is 0.306 e. The molecule has 6 nitrogen and oxygen atoms in total. The first kappa shape index (κ1) is 71.3. The Balaban J connectivity index is 4.35. The van der Waals surface area contributed by atoms with Crippen molar-refractivity contribution in [1.29, 1.82) is 0 Å². The van der Waals surface area contributed by atoms with Crippen LogP contribution in [0.2, 0.25) is 0 Å². The van der Waals surface area contributed by atoms with Crippen LogP contribution in [-0.2, 0) is 28.6 Å². The third kappa shape index (κ3) is 61.1. The molecule has 430 valence electrons. The Labute approximate surface area is 464 Å². The van der Waals surface area contributed by atoms with E-state index in [9.17, 15) is 14.4 Å². The standard InChI is InChI=1S/C69H118O6/c1-4-7-10-13-16-19-22-25-27-29-31-32-33-34-35-36-38-39-41-44-47-50-53-56-59-62-68(71)74-65-66(64-73-67(70)61-58-55-52-49-46-43-24-21-18-15-12-9-6-3)75-69(72)63-60-57-54-51-48-45-42-40-37-30-28-26-23-20-17-14-11-8-5-2/h9,12,17-18,20-21,26,28-29,31,37,40,43,46,52,55,66H,4-8,10-11,13-16,19,22-25,27,30,32-36,38-39,41-42,44-45,47-51,53-54,56-65H2,1-3H3/b12-9-,20-17-,21-18-,28-26-,31-29-,40-37-,46-43-,55-52-. The van der Waals surface area contributed by atoms with Gasteiger partial charge in [0.1, 0.15) is 13.2 Å². The van der Waals surface area contributed by atoms with Crippen molar-refractivity contribution in [3.05, 3.63) is 97.2 Å². The van der Waals surface area contributed by atoms with Gasteiger partial charge in [-0.3, -0.25) is 14.4 Å². The summed E-state index contributed by atoms with van der Waals surface area (Å²) >= 11 is 0. The minimum Gasteiger partial charge on any atom is -0.462 e. The van der Waals surface area contributed by atoms with E-state index in [4.69, 9.17) is 14.2 Å². The number of allylic oxidation sites excluding steroid dienone is 16. The lowest BCUT2D eigenvalue weighted by atomic mass is 10.0. The normalized spacial score (nSPS) is 12.7. The van der Waals surface area contributed by atoms with E-state index in [1.54, 1.807) is 0 Å². The summed E-state index contributed by atoms with van der Waals surface area (Å²) < 4.78 is 16.8. The molecule has 0 amide bonds. The van der Waals surface area contributed by atoms with Crippen LogP contribution >= 0.6 is 0 Å². The van der Waals surface area contributed by atoms with Gasteiger partial charge < -0.3 is 14.2 Å². The number of esters is 3. The lowest BCUT2D eigenvalue weighted by Gasteiger charge is -2.18. The molecule has 0 rings (SSSR count). The fourth-order valence-electron chi connectivity index (χ4n) is 8.81. The molecule has 1 atom stereocenters. The zero-order chi connectivity index (χ0) is 54.3. The molecular weight excluding hydrogens is 925 g/mol. The van der Waals surface area contributed by atoms with Crippen molar-refractivity contribution in [1.82, 2.24) is 0 Å². The number of carbonyl (C=O) groups excluding carboxylic acids is 3. The van der Waals surface area contributed by atoms with Crippen LogP contribution in [0.25, 0.3) is 0 Å². The van der Waals surface area contributed by atoms with Crippen LogP contribution in [0.3, 0.4) is 0 Å². The van der Waals surface area contributed by atoms with Crippen LogP contribution in [-0.4, -0.2) is 37.2 Å². The molecule has 6 heteroatoms. The van der Waals surface area contributed by atoms with Crippen LogP contribution in [0.1, 0.15) is 303 Å². The van der Waals surface area contributed by atoms with Gasteiger partial charge in [-0.1, -0.05) is 272 Å². The highest BCUT2D eigenvalue weighted by molar-refractivity contribution is 5.71. The maximum absolute atomic E-state index is 12.9. The summed E-state index contributed by atoms with van der Waals surface area (Å²) in [6, 6.07) is 0. The molecule has 0 saturated heterocycles. The molecule has 1 unspecified atom stereocenters. The van der Waals surface area contributed by atoms with Crippen LogP contribution in [0, 0.1) is 0 Å². The van der Waals surface area contributed by atoms with Crippen molar-refractivity contribution < 1.29 is 28.6 Å². The van der Waals surface area contributed by atoms with Crippen LogP contribution in [0.4, 0.5) is 0 Å². The number of hydrogen-bond donors (Lipinski definition) is 0. The van der Waals surface area contributed by atoms with Gasteiger partial charge in [0.05, 0.1) is 0 Å². The first-order valence-electron chi connectivity index (χ1n) is 31.7. The summed E-state index contributed by atoms with van der Waals surface area (Å²) in [5.41, 5.74) is 0. The highest BCUT2D eigenvalue weighted by Crippen LogP contribution is 2.16. The second-order valence-electron chi connectivity index (χ2n) is 20.9. The Hall–Kier alpha value is -3.67. The van der Waals surface area contributed by atoms with Gasteiger partial charge in [0.15, 0.2) is 6.10 Å². The van der Waals surface area contributed by atoms with Crippen molar-refractivity contribution in [2.75, 3.05) is 13.2 Å². The van der Waals surface area contributed by atoms with E-state index in [0.717, 1.165) is 89.9 Å². The van der Waals surface area contributed by atoms with Gasteiger partial charge in [-0.25, -0.2) is 0 Å². The van der Waals surface area contributed by atoms with E-state index in [0.29, 0.717) is 19.3 Å². The monoisotopic (exact) mass is 1040 g/mol. The van der Waals surface area contributed by atoms with Gasteiger partial charge in [0.25, 0.3) is 0 Å². The maximum atomic E-state index is 12.9. The lowest BCUT2D eigenvalue weighted by molar-refractivity contribution is -0.166. The highest BCUT2D eigenvalue weighted by Gasteiger charge is 2.19. The van der Waals surface area contributed by atoms with Crippen LogP contribution < -0.4 is 0 Å². The molecule has 0 aliphatic carbocycles. The molecule has 0 aromatic carbocycles. The number of carbonyl (C=O) groups is 3. The van der Waals surface area contributed by atoms with Crippen LogP contribution in [0.15, 0.2) is 97.2 Å². The van der Waals surface area contributed by atoms with E-state index >= 15 is 0 Å². The first-order valence-corrected chi connectivity index (χ1v) is 31.7. The van der Waals surface area contributed by atoms with Gasteiger partial charge in [-0.2, -0.15) is 0 Å². The molecule has 0 aliphatic heterocycles. The van der Waals surface area contributed by atoms with Gasteiger partial charge in [-0.15, -0.1) is 0 Å². The van der Waals surface area contributed by atoms with Crippen LogP contribution in [0.5, 0.6) is 0 Å². The predicted octanol–water partition coefficient (Wildman–Crippen LogP) is 21.7. The minimum absolute atomic E-state index is 0.104. The minimum atomic E-state index is -0.815. The second-order valence-corrected chi connectivity index (χ2v) is 20.9. The summed E-state index contributed by atoms with van der Waals surface area (Å²) in [5, 5.41) is 0. The van der Waals surface area contributed by atoms with Crippen molar-refractivity contribution in [3.63, 3.8) is 0 Å². The fourth-order valence-corrected chi connectivity index (χ4v) is 8.81. The van der Waals surface area contributed by atoms with Gasteiger partial charge in [0, 0.05) is 19.3 Å². The maximum Gasteiger partial charge on any atom is 0.306 e. The molecule has 0 N–H and O–H groups in total. The van der Waals surface area contributed by atoms with E-state index in [1.165, 1.54) is 167 Å². The average Bonchev–Trinajstić information content (AvgIpc) is 3.41. The molecule has 0 fully saturated rings. The summed E-state index contributed by atoms with van der Waals surface area (Å²) in [6.45, 7) is 6.44. The molecule has 0 heterocycles. The zero-order valence-corrected chi connectivity index (χ0v) is 49.3. The topological polar surface area (TPSA) is 78.9 Å². The van der Waals surface area contributed by atoms with Crippen molar-refractivity contribution in [2.24, 2.45) is 0 Å². The van der Waals surface area contributed by atoms with E-state index in [-0.39, 0.29) is 37.5 Å². The third-order valence-electron chi connectivity index (χ3n) is 13.6. The Morgan fingerprint density at radius 3 is 0.933 bits per heavy atom. The quantitative estimate of drug-likeness (QED) is 0.0261. The van der Waals surface area contributed by atoms with Crippen molar-refractivity contribution in [3.8, 4) is 0 Å². The van der Waals surface area contributed by atoms with Crippen molar-refractivity contribution >= 4 is 17.9 Å². The molecular formula is C69H118O6. The molecule has 75 heavy (non-hydrogen) atoms. The SMILES string of the molecule is CC/C=C\C/C=C\C/C=C\C/C=C\CCC(=O)OCC(COC(=O)CCCCCCCCCCCCCCC/C=C\CCCCCCCCCC)OC(=O)CCCCCCCC/C=C\C/C=C\C/C=C\CCCCC. The first-order chi connectivity index (χ1) is 37.0. The van der Waals surface area contributed by atoms with Gasteiger partial charge in [0.2, 0.25) is 0 Å². The highest BCUT2D eigenvalue weighted by atomic mass is 16.6. The van der Waals surface area contributed by atoms with E-state index < -0.39 is 6.10 Å². The molecule has 0 aliphatic rings. The summed E-state index contributed by atoms with van der Waals surface area (Å²) in [7, 11) is 0. The zero-order valence-electron chi connectivity index (χ0n) is 49.3. The Bertz CT molecular complexity index is 1480. The number of hydrogen-bond acceptors (Lipinski definition) is 6. The molecule has 0 saturated carbocycles. The average molecular weight is 1040 g/mol. The summed E-state index contributed by atoms with van der Waals surface area (Å²) in [5.74, 6) is -0.995. The van der Waals surface area contributed by atoms with Gasteiger partial charge in [-0.05, 0) is 109 Å². The molecule has 0 bridgehead atoms. The van der Waals surface area contributed by atoms with E-state index in [2.05, 4.69) is 112 Å². The fraction of sp³-hybridized carbons (Fsp3) is 0.725. The van der Waals surface area contributed by atoms with Crippen molar-refractivity contribution in [2.45, 2.75) is 309 Å². The molecule has 0 aromatic rings. The molecule has 0 aromatic heterocycles. The summed E-state index contributed by atoms with van der Waals surface area (Å²) in [4.78, 5) is 38.2. The van der Waals surface area contributed by atoms with E-state index in [1.807, 2.05) is 6.08 Å². The van der Waals surface area contributed by atoms with Gasteiger partial charge >= 0.3 is 17.9 Å².